The highest BCUT2D eigenvalue weighted by Crippen LogP contribution is 2.41. The summed E-state index contributed by atoms with van der Waals surface area (Å²) in [7, 11) is 0. The fourth-order valence-corrected chi connectivity index (χ4v) is 4.00. The highest BCUT2D eigenvalue weighted by atomic mass is 35.5. The van der Waals surface area contributed by atoms with E-state index < -0.39 is 0 Å². The maximum Gasteiger partial charge on any atom is 0.237 e. The van der Waals surface area contributed by atoms with Gasteiger partial charge in [0.15, 0.2) is 5.16 Å². The number of aryl methyl sites for hydroxylation is 1. The Labute approximate surface area is 173 Å². The molecule has 4 rings (SSSR count). The number of carbonyl (C=O) groups excluding carboxylic acids is 1. The Balaban J connectivity index is 1.55. The average molecular weight is 413 g/mol. The Morgan fingerprint density at radius 1 is 1.21 bits per heavy atom. The molecule has 3 aromatic rings. The van der Waals surface area contributed by atoms with Crippen molar-refractivity contribution >= 4 is 35.0 Å². The van der Waals surface area contributed by atoms with Crippen molar-refractivity contribution in [2.24, 2.45) is 0 Å². The third kappa shape index (κ3) is 4.08. The number of carbonyl (C=O) groups is 1. The Morgan fingerprint density at radius 2 is 1.96 bits per heavy atom. The minimum absolute atomic E-state index is 0.0917. The summed E-state index contributed by atoms with van der Waals surface area (Å²) in [5, 5.41) is 12.8. The van der Waals surface area contributed by atoms with E-state index in [9.17, 15) is 4.79 Å². The van der Waals surface area contributed by atoms with Crippen LogP contribution in [-0.4, -0.2) is 25.9 Å². The first-order valence-corrected chi connectivity index (χ1v) is 10.5. The Hall–Kier alpha value is -2.31. The average Bonchev–Trinajstić information content (AvgIpc) is 3.46. The van der Waals surface area contributed by atoms with E-state index in [0.29, 0.717) is 10.9 Å². The normalized spacial score (nSPS) is 14.7. The first-order chi connectivity index (χ1) is 13.5. The number of hydrogen-bond donors (Lipinski definition) is 1. The number of anilines is 1. The summed E-state index contributed by atoms with van der Waals surface area (Å²) in [4.78, 5) is 12.7. The fraction of sp³-hybridized carbons (Fsp3) is 0.286. The van der Waals surface area contributed by atoms with E-state index in [0.717, 1.165) is 40.8 Å². The molecule has 1 unspecified atom stereocenters. The predicted octanol–water partition coefficient (Wildman–Crippen LogP) is 5.23. The number of thioether (sulfide) groups is 1. The van der Waals surface area contributed by atoms with Gasteiger partial charge in [0.1, 0.15) is 5.82 Å². The predicted molar refractivity (Wildman–Crippen MR) is 113 cm³/mol. The van der Waals surface area contributed by atoms with Crippen LogP contribution in [0, 0.1) is 6.92 Å². The third-order valence-corrected chi connectivity index (χ3v) is 6.00. The lowest BCUT2D eigenvalue weighted by Crippen LogP contribution is -2.23. The van der Waals surface area contributed by atoms with Crippen LogP contribution >= 0.6 is 23.4 Å². The number of rotatable bonds is 6. The van der Waals surface area contributed by atoms with Crippen molar-refractivity contribution in [3.8, 4) is 5.69 Å². The molecule has 1 aromatic heterocycles. The van der Waals surface area contributed by atoms with Gasteiger partial charge in [0.2, 0.25) is 5.91 Å². The number of nitrogens with one attached hydrogen (secondary N) is 1. The van der Waals surface area contributed by atoms with Crippen molar-refractivity contribution in [2.45, 2.75) is 43.0 Å². The number of halogens is 1. The first kappa shape index (κ1) is 19.0. The highest BCUT2D eigenvalue weighted by molar-refractivity contribution is 8.00. The van der Waals surface area contributed by atoms with Gasteiger partial charge in [0.05, 0.1) is 5.25 Å². The number of amides is 1. The molecular formula is C21H21ClN4OS. The number of hydrogen-bond acceptors (Lipinski definition) is 4. The molecule has 1 N–H and O–H groups in total. The standard InChI is InChI=1S/C21H21ClN4OS/c1-13-8-11-16(22)12-18(13)23-20(27)14(2)28-21-25-24-19(15-9-10-15)26(21)17-6-4-3-5-7-17/h3-8,11-12,14-15H,9-10H2,1-2H3,(H,23,27). The van der Waals surface area contributed by atoms with Gasteiger partial charge in [-0.1, -0.05) is 47.6 Å². The molecule has 0 saturated heterocycles. The van der Waals surface area contributed by atoms with Crippen LogP contribution in [-0.2, 0) is 4.79 Å². The molecular weight excluding hydrogens is 392 g/mol. The van der Waals surface area contributed by atoms with E-state index in [1.54, 1.807) is 6.07 Å². The van der Waals surface area contributed by atoms with E-state index >= 15 is 0 Å². The minimum atomic E-state index is -0.336. The van der Waals surface area contributed by atoms with Crippen molar-refractivity contribution < 1.29 is 4.79 Å². The van der Waals surface area contributed by atoms with Gasteiger partial charge in [-0.25, -0.2) is 0 Å². The minimum Gasteiger partial charge on any atom is -0.325 e. The van der Waals surface area contributed by atoms with Crippen molar-refractivity contribution in [1.82, 2.24) is 14.8 Å². The molecule has 2 aromatic carbocycles. The van der Waals surface area contributed by atoms with Crippen molar-refractivity contribution in [3.63, 3.8) is 0 Å². The van der Waals surface area contributed by atoms with E-state index in [4.69, 9.17) is 11.6 Å². The van der Waals surface area contributed by atoms with Crippen LogP contribution in [0.5, 0.6) is 0 Å². The summed E-state index contributed by atoms with van der Waals surface area (Å²) in [5.41, 5.74) is 2.72. The van der Waals surface area contributed by atoms with Gasteiger partial charge in [-0.05, 0) is 56.5 Å². The van der Waals surface area contributed by atoms with Crippen molar-refractivity contribution in [1.29, 1.82) is 0 Å². The molecule has 1 aliphatic carbocycles. The summed E-state index contributed by atoms with van der Waals surface area (Å²) in [6.45, 7) is 3.82. The van der Waals surface area contributed by atoms with Crippen LogP contribution in [0.2, 0.25) is 5.02 Å². The molecule has 28 heavy (non-hydrogen) atoms. The van der Waals surface area contributed by atoms with E-state index in [1.165, 1.54) is 11.8 Å². The summed E-state index contributed by atoms with van der Waals surface area (Å²) >= 11 is 7.47. The zero-order valence-electron chi connectivity index (χ0n) is 15.7. The van der Waals surface area contributed by atoms with Gasteiger partial charge in [-0.2, -0.15) is 0 Å². The van der Waals surface area contributed by atoms with Crippen LogP contribution in [0.3, 0.4) is 0 Å². The van der Waals surface area contributed by atoms with Crippen molar-refractivity contribution in [3.05, 3.63) is 64.9 Å². The fourth-order valence-electron chi connectivity index (χ4n) is 2.96. The van der Waals surface area contributed by atoms with Gasteiger partial charge >= 0.3 is 0 Å². The van der Waals surface area contributed by atoms with Crippen LogP contribution < -0.4 is 5.32 Å². The Morgan fingerprint density at radius 3 is 2.68 bits per heavy atom. The molecule has 1 atom stereocenters. The van der Waals surface area contributed by atoms with Crippen molar-refractivity contribution in [2.75, 3.05) is 5.32 Å². The highest BCUT2D eigenvalue weighted by Gasteiger charge is 2.31. The zero-order valence-corrected chi connectivity index (χ0v) is 17.3. The largest absolute Gasteiger partial charge is 0.325 e. The van der Waals surface area contributed by atoms with E-state index in [-0.39, 0.29) is 11.2 Å². The maximum atomic E-state index is 12.7. The molecule has 1 fully saturated rings. The summed E-state index contributed by atoms with van der Waals surface area (Å²) < 4.78 is 2.08. The molecule has 5 nitrogen and oxygen atoms in total. The second-order valence-corrected chi connectivity index (χ2v) is 8.74. The number of para-hydroxylation sites is 1. The lowest BCUT2D eigenvalue weighted by Gasteiger charge is -2.15. The summed E-state index contributed by atoms with van der Waals surface area (Å²) in [6, 6.07) is 15.5. The smallest absolute Gasteiger partial charge is 0.237 e. The summed E-state index contributed by atoms with van der Waals surface area (Å²) in [5.74, 6) is 1.35. The number of aromatic nitrogens is 3. The van der Waals surface area contributed by atoms with Crippen LogP contribution in [0.25, 0.3) is 5.69 Å². The Kier molecular flexibility index (Phi) is 5.42. The van der Waals surface area contributed by atoms with Gasteiger partial charge in [-0.3, -0.25) is 9.36 Å². The van der Waals surface area contributed by atoms with Gasteiger partial charge in [0, 0.05) is 22.3 Å². The SMILES string of the molecule is Cc1ccc(Cl)cc1NC(=O)C(C)Sc1nnc(C2CC2)n1-c1ccccc1. The lowest BCUT2D eigenvalue weighted by molar-refractivity contribution is -0.115. The number of benzene rings is 2. The van der Waals surface area contributed by atoms with Gasteiger partial charge < -0.3 is 5.32 Å². The molecule has 0 spiro atoms. The quantitative estimate of drug-likeness (QED) is 0.563. The van der Waals surface area contributed by atoms with Crippen LogP contribution in [0.1, 0.15) is 37.1 Å². The Bertz CT molecular complexity index is 1000. The topological polar surface area (TPSA) is 59.8 Å². The molecule has 0 aliphatic heterocycles. The van der Waals surface area contributed by atoms with E-state index in [1.807, 2.05) is 56.3 Å². The summed E-state index contributed by atoms with van der Waals surface area (Å²) in [6.07, 6.45) is 2.28. The first-order valence-electron chi connectivity index (χ1n) is 9.27. The molecule has 1 heterocycles. The molecule has 1 amide bonds. The third-order valence-electron chi connectivity index (χ3n) is 4.72. The molecule has 0 bridgehead atoms. The molecule has 0 radical (unpaired) electrons. The maximum absolute atomic E-state index is 12.7. The molecule has 1 saturated carbocycles. The second-order valence-electron chi connectivity index (χ2n) is 6.99. The van der Waals surface area contributed by atoms with E-state index in [2.05, 4.69) is 20.1 Å². The van der Waals surface area contributed by atoms with Gasteiger partial charge in [0.25, 0.3) is 0 Å². The zero-order chi connectivity index (χ0) is 19.7. The monoisotopic (exact) mass is 412 g/mol. The molecule has 7 heteroatoms. The van der Waals surface area contributed by atoms with Crippen LogP contribution in [0.15, 0.2) is 53.7 Å². The molecule has 1 aliphatic rings. The molecule has 144 valence electrons. The number of nitrogens with zero attached hydrogens (tertiary/aromatic N) is 3. The lowest BCUT2D eigenvalue weighted by atomic mass is 10.2. The second kappa shape index (κ2) is 7.97. The van der Waals surface area contributed by atoms with Crippen LogP contribution in [0.4, 0.5) is 5.69 Å². The van der Waals surface area contributed by atoms with Gasteiger partial charge in [-0.15, -0.1) is 10.2 Å².